The van der Waals surface area contributed by atoms with E-state index in [1.165, 1.54) is 0 Å². The molecule has 0 aliphatic heterocycles. The van der Waals surface area contributed by atoms with Gasteiger partial charge < -0.3 is 4.74 Å². The summed E-state index contributed by atoms with van der Waals surface area (Å²) in [5.41, 5.74) is 0.237. The van der Waals surface area contributed by atoms with Gasteiger partial charge in [-0.2, -0.15) is 4.68 Å². The minimum absolute atomic E-state index is 0.0101. The molecule has 1 aromatic heterocycles. The van der Waals surface area contributed by atoms with Crippen molar-refractivity contribution < 1.29 is 9.53 Å². The fourth-order valence-corrected chi connectivity index (χ4v) is 1.99. The Morgan fingerprint density at radius 1 is 1.37 bits per heavy atom. The van der Waals surface area contributed by atoms with Crippen LogP contribution in [0.5, 0.6) is 0 Å². The maximum Gasteiger partial charge on any atom is 0.310 e. The molecular weight excluding hydrogens is 246 g/mol. The summed E-state index contributed by atoms with van der Waals surface area (Å²) in [4.78, 5) is 23.7. The molecule has 0 spiro atoms. The van der Waals surface area contributed by atoms with Crippen molar-refractivity contribution >= 4 is 16.9 Å². The largest absolute Gasteiger partial charge is 0.442 e. The lowest BCUT2D eigenvalue weighted by molar-refractivity contribution is -0.156. The van der Waals surface area contributed by atoms with E-state index in [9.17, 15) is 9.59 Å². The van der Waals surface area contributed by atoms with Crippen LogP contribution in [-0.4, -0.2) is 21.0 Å². The second-order valence-electron chi connectivity index (χ2n) is 4.63. The molecule has 0 atom stereocenters. The summed E-state index contributed by atoms with van der Waals surface area (Å²) in [6.07, 6.45) is 2.81. The third kappa shape index (κ3) is 2.21. The second kappa shape index (κ2) is 4.79. The Morgan fingerprint density at radius 3 is 2.89 bits per heavy atom. The normalized spacial score (nSPS) is 15.2. The highest BCUT2D eigenvalue weighted by molar-refractivity contribution is 5.76. The van der Waals surface area contributed by atoms with Crippen LogP contribution in [0.4, 0.5) is 0 Å². The fourth-order valence-electron chi connectivity index (χ4n) is 1.99. The summed E-state index contributed by atoms with van der Waals surface area (Å²) < 4.78 is 6.15. The number of benzene rings is 1. The van der Waals surface area contributed by atoms with Crippen LogP contribution in [0.1, 0.15) is 19.3 Å². The Bertz CT molecular complexity index is 676. The van der Waals surface area contributed by atoms with E-state index in [4.69, 9.17) is 4.74 Å². The van der Waals surface area contributed by atoms with Crippen LogP contribution in [0.25, 0.3) is 10.9 Å². The first-order chi connectivity index (χ1) is 9.25. The van der Waals surface area contributed by atoms with Crippen molar-refractivity contribution in [2.45, 2.75) is 26.0 Å². The van der Waals surface area contributed by atoms with Gasteiger partial charge in [0.05, 0.1) is 11.3 Å². The van der Waals surface area contributed by atoms with Gasteiger partial charge in [-0.15, -0.1) is 5.10 Å². The van der Waals surface area contributed by atoms with Crippen molar-refractivity contribution in [1.29, 1.82) is 0 Å². The molecule has 0 saturated heterocycles. The van der Waals surface area contributed by atoms with Crippen LogP contribution in [0.3, 0.4) is 0 Å². The maximum absolute atomic E-state index is 12.1. The molecule has 0 unspecified atom stereocenters. The Morgan fingerprint density at radius 2 is 2.16 bits per heavy atom. The van der Waals surface area contributed by atoms with E-state index in [-0.39, 0.29) is 24.2 Å². The molecule has 0 radical (unpaired) electrons. The highest BCUT2D eigenvalue weighted by Gasteiger charge is 2.26. The van der Waals surface area contributed by atoms with E-state index in [0.29, 0.717) is 10.9 Å². The van der Waals surface area contributed by atoms with Gasteiger partial charge in [-0.25, -0.2) is 0 Å². The quantitative estimate of drug-likeness (QED) is 0.771. The van der Waals surface area contributed by atoms with Crippen LogP contribution in [0, 0.1) is 5.92 Å². The van der Waals surface area contributed by atoms with Gasteiger partial charge in [0.15, 0.2) is 6.73 Å². The van der Waals surface area contributed by atoms with E-state index in [0.717, 1.165) is 23.9 Å². The number of ether oxygens (including phenoxy) is 1. The average molecular weight is 259 g/mol. The third-order valence-corrected chi connectivity index (χ3v) is 3.40. The average Bonchev–Trinajstić information content (AvgIpc) is 2.36. The molecule has 0 bridgehead atoms. The molecule has 1 fully saturated rings. The molecule has 0 N–H and O–H groups in total. The maximum atomic E-state index is 12.1. The van der Waals surface area contributed by atoms with Gasteiger partial charge >= 0.3 is 5.97 Å². The van der Waals surface area contributed by atoms with Gasteiger partial charge in [0, 0.05) is 0 Å². The molecule has 1 heterocycles. The Labute approximate surface area is 109 Å². The first kappa shape index (κ1) is 11.8. The Balaban J connectivity index is 1.79. The number of fused-ring (bicyclic) bond motifs is 1. The monoisotopic (exact) mass is 259 g/mol. The smallest absolute Gasteiger partial charge is 0.310 e. The molecule has 1 aliphatic carbocycles. The highest BCUT2D eigenvalue weighted by atomic mass is 16.5. The molecule has 2 aromatic rings. The van der Waals surface area contributed by atoms with Crippen LogP contribution in [0.15, 0.2) is 29.1 Å². The molecule has 0 amide bonds. The summed E-state index contributed by atoms with van der Waals surface area (Å²) in [6, 6.07) is 6.94. The summed E-state index contributed by atoms with van der Waals surface area (Å²) in [5.74, 6) is -0.266. The van der Waals surface area contributed by atoms with Gasteiger partial charge in [-0.05, 0) is 25.0 Å². The van der Waals surface area contributed by atoms with Gasteiger partial charge in [0.2, 0.25) is 0 Å². The molecule has 98 valence electrons. The van der Waals surface area contributed by atoms with Gasteiger partial charge in [-0.3, -0.25) is 9.59 Å². The molecular formula is C13H13N3O3. The van der Waals surface area contributed by atoms with E-state index in [1.807, 2.05) is 0 Å². The highest BCUT2D eigenvalue weighted by Crippen LogP contribution is 2.27. The predicted molar refractivity (Wildman–Crippen MR) is 67.2 cm³/mol. The number of aromatic nitrogens is 3. The standard InChI is InChI=1S/C13H13N3O3/c17-12-10-6-1-2-7-11(10)14-15-16(12)8-19-13(18)9-4-3-5-9/h1-2,6-7,9H,3-5,8H2. The molecule has 3 rings (SSSR count). The van der Waals surface area contributed by atoms with E-state index >= 15 is 0 Å². The zero-order chi connectivity index (χ0) is 13.2. The molecule has 19 heavy (non-hydrogen) atoms. The first-order valence-corrected chi connectivity index (χ1v) is 6.25. The first-order valence-electron chi connectivity index (χ1n) is 6.25. The fraction of sp³-hybridized carbons (Fsp3) is 0.385. The van der Waals surface area contributed by atoms with Crippen molar-refractivity contribution in [3.8, 4) is 0 Å². The summed E-state index contributed by atoms with van der Waals surface area (Å²) >= 11 is 0. The van der Waals surface area contributed by atoms with Crippen molar-refractivity contribution in [3.05, 3.63) is 34.6 Å². The number of esters is 1. The van der Waals surface area contributed by atoms with E-state index in [2.05, 4.69) is 10.3 Å². The van der Waals surface area contributed by atoms with E-state index < -0.39 is 0 Å². The topological polar surface area (TPSA) is 74.1 Å². The zero-order valence-corrected chi connectivity index (χ0v) is 10.3. The van der Waals surface area contributed by atoms with Crippen LogP contribution in [-0.2, 0) is 16.3 Å². The number of hydrogen-bond acceptors (Lipinski definition) is 5. The number of carbonyl (C=O) groups excluding carboxylic acids is 1. The predicted octanol–water partition coefficient (Wildman–Crippen LogP) is 1.09. The summed E-state index contributed by atoms with van der Waals surface area (Å²) in [7, 11) is 0. The van der Waals surface area contributed by atoms with Crippen molar-refractivity contribution in [2.24, 2.45) is 5.92 Å². The number of rotatable bonds is 3. The Hall–Kier alpha value is -2.24. The van der Waals surface area contributed by atoms with E-state index in [1.54, 1.807) is 24.3 Å². The Kier molecular flexibility index (Phi) is 2.98. The van der Waals surface area contributed by atoms with Crippen LogP contribution >= 0.6 is 0 Å². The van der Waals surface area contributed by atoms with Crippen molar-refractivity contribution in [1.82, 2.24) is 15.0 Å². The molecule has 6 heteroatoms. The van der Waals surface area contributed by atoms with Crippen LogP contribution in [0.2, 0.25) is 0 Å². The summed E-state index contributed by atoms with van der Waals surface area (Å²) in [5, 5.41) is 8.15. The molecule has 1 saturated carbocycles. The number of carbonyl (C=O) groups is 1. The number of nitrogens with zero attached hydrogens (tertiary/aromatic N) is 3. The molecule has 6 nitrogen and oxygen atoms in total. The van der Waals surface area contributed by atoms with Crippen molar-refractivity contribution in [2.75, 3.05) is 0 Å². The molecule has 1 aromatic carbocycles. The lowest BCUT2D eigenvalue weighted by Crippen LogP contribution is -2.30. The summed E-state index contributed by atoms with van der Waals surface area (Å²) in [6.45, 7) is -0.175. The lowest BCUT2D eigenvalue weighted by Gasteiger charge is -2.22. The number of hydrogen-bond donors (Lipinski definition) is 0. The van der Waals surface area contributed by atoms with Gasteiger partial charge in [0.1, 0.15) is 5.52 Å². The zero-order valence-electron chi connectivity index (χ0n) is 10.3. The minimum atomic E-state index is -0.299. The third-order valence-electron chi connectivity index (χ3n) is 3.40. The van der Waals surface area contributed by atoms with Crippen LogP contribution < -0.4 is 5.56 Å². The van der Waals surface area contributed by atoms with Crippen molar-refractivity contribution in [3.63, 3.8) is 0 Å². The van der Waals surface area contributed by atoms with Gasteiger partial charge in [0.25, 0.3) is 5.56 Å². The van der Waals surface area contributed by atoms with Gasteiger partial charge in [-0.1, -0.05) is 23.8 Å². The SMILES string of the molecule is O=C(OCn1nnc2ccccc2c1=O)C1CCC1. The minimum Gasteiger partial charge on any atom is -0.442 e. The molecule has 1 aliphatic rings. The second-order valence-corrected chi connectivity index (χ2v) is 4.63. The lowest BCUT2D eigenvalue weighted by atomic mass is 9.86.